The number of nitrogens with zero attached hydrogens (tertiary/aromatic N) is 4. The summed E-state index contributed by atoms with van der Waals surface area (Å²) in [6.07, 6.45) is 5.18. The van der Waals surface area contributed by atoms with Gasteiger partial charge in [0.2, 0.25) is 0 Å². The molecular formula is C30H37ClFN5O. The minimum atomic E-state index is -0.499. The molecule has 1 N–H and O–H groups in total. The van der Waals surface area contributed by atoms with E-state index >= 15 is 0 Å². The summed E-state index contributed by atoms with van der Waals surface area (Å²) in [7, 11) is 0. The fourth-order valence-corrected chi connectivity index (χ4v) is 6.75. The van der Waals surface area contributed by atoms with Crippen LogP contribution in [0.5, 0.6) is 0 Å². The maximum absolute atomic E-state index is 13.7. The van der Waals surface area contributed by atoms with Crippen molar-refractivity contribution in [3.63, 3.8) is 0 Å². The summed E-state index contributed by atoms with van der Waals surface area (Å²) < 4.78 is 13.7. The van der Waals surface area contributed by atoms with Gasteiger partial charge in [-0.3, -0.25) is 4.90 Å². The molecule has 1 heterocycles. The van der Waals surface area contributed by atoms with Crippen molar-refractivity contribution in [2.24, 2.45) is 5.92 Å². The standard InChI is InChI=1S/C30H37ClFN5O/c1-2-10-35-11-13-36(14-12-35)15-16-37(29(38)34-25-6-7-28(32)27(31)19-25)26-8-9-30(20-24(30)18-26)23-5-3-4-22(17-23)21-33/h3-7,17,19,24,26H,2,8-16,18,20H2,1H3,(H,34,38)/t24-,26+,30+/m0/s1. The fraction of sp³-hybridized carbons (Fsp3) is 0.533. The summed E-state index contributed by atoms with van der Waals surface area (Å²) in [6, 6.07) is 14.6. The molecule has 0 radical (unpaired) electrons. The van der Waals surface area contributed by atoms with Gasteiger partial charge in [-0.15, -0.1) is 0 Å². The number of piperazine rings is 1. The van der Waals surface area contributed by atoms with Crippen molar-refractivity contribution in [2.75, 3.05) is 51.1 Å². The lowest BCUT2D eigenvalue weighted by Crippen LogP contribution is -2.51. The molecule has 0 spiro atoms. The van der Waals surface area contributed by atoms with Gasteiger partial charge in [0.25, 0.3) is 0 Å². The Morgan fingerprint density at radius 2 is 1.95 bits per heavy atom. The van der Waals surface area contributed by atoms with E-state index in [0.717, 1.165) is 65.0 Å². The van der Waals surface area contributed by atoms with Crippen molar-refractivity contribution in [1.29, 1.82) is 5.26 Å². The number of amides is 2. The van der Waals surface area contributed by atoms with E-state index in [4.69, 9.17) is 11.6 Å². The number of carbonyl (C=O) groups excluding carboxylic acids is 1. The van der Waals surface area contributed by atoms with Crippen molar-refractivity contribution in [3.05, 3.63) is 64.4 Å². The fourth-order valence-electron chi connectivity index (χ4n) is 6.57. The Hall–Kier alpha value is -2.66. The second-order valence-corrected chi connectivity index (χ2v) is 11.5. The molecular weight excluding hydrogens is 501 g/mol. The van der Waals surface area contributed by atoms with Gasteiger partial charge >= 0.3 is 6.03 Å². The number of halogens is 2. The van der Waals surface area contributed by atoms with E-state index in [2.05, 4.69) is 34.2 Å². The molecule has 202 valence electrons. The van der Waals surface area contributed by atoms with Gasteiger partial charge in [0.1, 0.15) is 5.82 Å². The molecule has 38 heavy (non-hydrogen) atoms. The molecule has 2 amide bonds. The number of anilines is 1. The first-order valence-corrected chi connectivity index (χ1v) is 14.3. The topological polar surface area (TPSA) is 62.6 Å². The molecule has 0 aromatic heterocycles. The normalized spacial score (nSPS) is 25.3. The molecule has 0 bridgehead atoms. The number of urea groups is 1. The highest BCUT2D eigenvalue weighted by atomic mass is 35.5. The molecule has 3 aliphatic rings. The lowest BCUT2D eigenvalue weighted by Gasteiger charge is -2.39. The van der Waals surface area contributed by atoms with Gasteiger partial charge in [-0.2, -0.15) is 5.26 Å². The van der Waals surface area contributed by atoms with Crippen LogP contribution in [-0.4, -0.2) is 72.6 Å². The van der Waals surface area contributed by atoms with Crippen LogP contribution in [0.25, 0.3) is 0 Å². The number of fused-ring (bicyclic) bond motifs is 1. The lowest BCUT2D eigenvalue weighted by atomic mass is 9.80. The monoisotopic (exact) mass is 537 g/mol. The van der Waals surface area contributed by atoms with Crippen molar-refractivity contribution in [3.8, 4) is 6.07 Å². The highest BCUT2D eigenvalue weighted by Crippen LogP contribution is 2.62. The number of hydrogen-bond donors (Lipinski definition) is 1. The number of carbonyl (C=O) groups is 1. The third-order valence-corrected chi connectivity index (χ3v) is 9.10. The Morgan fingerprint density at radius 1 is 1.18 bits per heavy atom. The SMILES string of the molecule is CCCN1CCN(CCN(C(=O)Nc2ccc(F)c(Cl)c2)[C@@H]2CC[C@]3(c4cccc(C#N)c4)C[C@@H]3C2)CC1. The van der Waals surface area contributed by atoms with Gasteiger partial charge < -0.3 is 15.1 Å². The summed E-state index contributed by atoms with van der Waals surface area (Å²) in [4.78, 5) is 20.6. The largest absolute Gasteiger partial charge is 0.322 e. The summed E-state index contributed by atoms with van der Waals surface area (Å²) in [5, 5.41) is 12.3. The predicted molar refractivity (Wildman–Crippen MR) is 149 cm³/mol. The van der Waals surface area contributed by atoms with E-state index in [0.29, 0.717) is 23.7 Å². The number of benzene rings is 2. The first-order valence-electron chi connectivity index (χ1n) is 13.9. The maximum Gasteiger partial charge on any atom is 0.322 e. The molecule has 1 saturated heterocycles. The van der Waals surface area contributed by atoms with Gasteiger partial charge in [0, 0.05) is 51.0 Å². The van der Waals surface area contributed by atoms with Crippen LogP contribution in [0.2, 0.25) is 5.02 Å². The van der Waals surface area contributed by atoms with Crippen LogP contribution in [0, 0.1) is 23.1 Å². The third-order valence-electron chi connectivity index (χ3n) is 8.81. The lowest BCUT2D eigenvalue weighted by molar-refractivity contribution is 0.108. The highest BCUT2D eigenvalue weighted by molar-refractivity contribution is 6.31. The van der Waals surface area contributed by atoms with Crippen molar-refractivity contribution < 1.29 is 9.18 Å². The van der Waals surface area contributed by atoms with Gasteiger partial charge in [-0.05, 0) is 85.9 Å². The van der Waals surface area contributed by atoms with Crippen LogP contribution in [0.3, 0.4) is 0 Å². The molecule has 2 aliphatic carbocycles. The second kappa shape index (κ2) is 11.6. The van der Waals surface area contributed by atoms with E-state index in [1.807, 2.05) is 23.1 Å². The average Bonchev–Trinajstić information content (AvgIpc) is 3.67. The molecule has 2 aromatic rings. The molecule has 0 unspecified atom stereocenters. The number of nitriles is 1. The molecule has 2 aromatic carbocycles. The molecule has 6 nitrogen and oxygen atoms in total. The predicted octanol–water partition coefficient (Wildman–Crippen LogP) is 5.72. The van der Waals surface area contributed by atoms with Crippen molar-refractivity contribution in [2.45, 2.75) is 50.5 Å². The number of nitrogens with one attached hydrogen (secondary N) is 1. The molecule has 3 atom stereocenters. The minimum Gasteiger partial charge on any atom is -0.320 e. The van der Waals surface area contributed by atoms with Gasteiger partial charge in [-0.1, -0.05) is 30.7 Å². The minimum absolute atomic E-state index is 0.000620. The Kier molecular flexibility index (Phi) is 8.23. The highest BCUT2D eigenvalue weighted by Gasteiger charge is 2.58. The Morgan fingerprint density at radius 3 is 2.63 bits per heavy atom. The Labute approximate surface area is 230 Å². The number of hydrogen-bond acceptors (Lipinski definition) is 4. The zero-order chi connectivity index (χ0) is 26.7. The van der Waals surface area contributed by atoms with Crippen molar-refractivity contribution >= 4 is 23.3 Å². The van der Waals surface area contributed by atoms with Crippen LogP contribution >= 0.6 is 11.6 Å². The van der Waals surface area contributed by atoms with Crippen molar-refractivity contribution in [1.82, 2.24) is 14.7 Å². The number of rotatable bonds is 8. The van der Waals surface area contributed by atoms with Crippen LogP contribution in [-0.2, 0) is 5.41 Å². The van der Waals surface area contributed by atoms with E-state index in [1.165, 1.54) is 24.1 Å². The van der Waals surface area contributed by atoms with Gasteiger partial charge in [0.15, 0.2) is 0 Å². The molecule has 1 aliphatic heterocycles. The quantitative estimate of drug-likeness (QED) is 0.467. The average molecular weight is 538 g/mol. The second-order valence-electron chi connectivity index (χ2n) is 11.1. The van der Waals surface area contributed by atoms with Crippen LogP contribution in [0.4, 0.5) is 14.9 Å². The van der Waals surface area contributed by atoms with E-state index in [-0.39, 0.29) is 22.5 Å². The van der Waals surface area contributed by atoms with Crippen LogP contribution in [0.15, 0.2) is 42.5 Å². The molecule has 5 rings (SSSR count). The molecule has 2 saturated carbocycles. The summed E-state index contributed by atoms with van der Waals surface area (Å²) in [5.74, 6) is 0.0184. The van der Waals surface area contributed by atoms with Gasteiger partial charge in [0.05, 0.1) is 16.7 Å². The van der Waals surface area contributed by atoms with E-state index < -0.39 is 5.82 Å². The van der Waals surface area contributed by atoms with E-state index in [1.54, 1.807) is 6.07 Å². The zero-order valence-electron chi connectivity index (χ0n) is 22.1. The zero-order valence-corrected chi connectivity index (χ0v) is 22.9. The smallest absolute Gasteiger partial charge is 0.320 e. The first kappa shape index (κ1) is 26.9. The Bertz CT molecular complexity index is 1190. The third kappa shape index (κ3) is 5.83. The van der Waals surface area contributed by atoms with Gasteiger partial charge in [-0.25, -0.2) is 9.18 Å². The van der Waals surface area contributed by atoms with Crippen LogP contribution in [0.1, 0.15) is 50.2 Å². The maximum atomic E-state index is 13.7. The van der Waals surface area contributed by atoms with E-state index in [9.17, 15) is 14.4 Å². The molecule has 8 heteroatoms. The summed E-state index contributed by atoms with van der Waals surface area (Å²) in [6.45, 7) is 9.05. The summed E-state index contributed by atoms with van der Waals surface area (Å²) in [5.41, 5.74) is 2.63. The summed E-state index contributed by atoms with van der Waals surface area (Å²) >= 11 is 5.97. The van der Waals surface area contributed by atoms with Crippen LogP contribution < -0.4 is 5.32 Å². The molecule has 3 fully saturated rings. The first-order chi connectivity index (χ1) is 18.4. The Balaban J connectivity index is 1.26.